The first-order valence-corrected chi connectivity index (χ1v) is 4.07. The highest BCUT2D eigenvalue weighted by Gasteiger charge is 2.05. The van der Waals surface area contributed by atoms with Crippen LogP contribution in [0.4, 0.5) is 0 Å². The third-order valence-corrected chi connectivity index (χ3v) is 2.04. The summed E-state index contributed by atoms with van der Waals surface area (Å²) in [5.74, 6) is 0.669. The molecule has 0 aromatic rings. The maximum Gasteiger partial charge on any atom is -0.0206 e. The number of hydrogen-bond acceptors (Lipinski definition) is 0. The summed E-state index contributed by atoms with van der Waals surface area (Å²) in [4.78, 5) is 0. The van der Waals surface area contributed by atoms with Crippen LogP contribution in [-0.2, 0) is 0 Å². The standard InChI is InChI=1S/C10H18/c1-5-9(6-2)10(7-3)8-4/h5,10H,1,3,6-8H2,2,4H3/b9-5+. The molecule has 10 heavy (non-hydrogen) atoms. The highest BCUT2D eigenvalue weighted by atomic mass is 14.1. The lowest BCUT2D eigenvalue weighted by Crippen LogP contribution is -2.00. The zero-order chi connectivity index (χ0) is 7.98. The Morgan fingerprint density at radius 2 is 2.10 bits per heavy atom. The molecule has 0 fully saturated rings. The van der Waals surface area contributed by atoms with Crippen LogP contribution in [0.2, 0.25) is 0 Å². The Morgan fingerprint density at radius 1 is 1.50 bits per heavy atom. The zero-order valence-corrected chi connectivity index (χ0v) is 7.19. The Hall–Kier alpha value is -0.260. The van der Waals surface area contributed by atoms with Crippen molar-refractivity contribution in [3.63, 3.8) is 0 Å². The zero-order valence-electron chi connectivity index (χ0n) is 7.19. The van der Waals surface area contributed by atoms with Crippen LogP contribution in [0.25, 0.3) is 0 Å². The van der Waals surface area contributed by atoms with Gasteiger partial charge in [-0.25, -0.2) is 0 Å². The summed E-state index contributed by atoms with van der Waals surface area (Å²) in [6, 6.07) is 0. The molecule has 0 bridgehead atoms. The normalized spacial score (nSPS) is 12.7. The van der Waals surface area contributed by atoms with Crippen LogP contribution in [0, 0.1) is 19.8 Å². The molecule has 0 N–H and O–H groups in total. The van der Waals surface area contributed by atoms with Gasteiger partial charge >= 0.3 is 0 Å². The van der Waals surface area contributed by atoms with E-state index in [0.717, 1.165) is 12.8 Å². The predicted octanol–water partition coefficient (Wildman–Crippen LogP) is 3.41. The Morgan fingerprint density at radius 3 is 2.20 bits per heavy atom. The van der Waals surface area contributed by atoms with E-state index in [9.17, 15) is 0 Å². The summed E-state index contributed by atoms with van der Waals surface area (Å²) in [6.07, 6.45) is 5.31. The molecule has 1 unspecified atom stereocenters. The average molecular weight is 138 g/mol. The van der Waals surface area contributed by atoms with Crippen molar-refractivity contribution in [1.82, 2.24) is 0 Å². The minimum absolute atomic E-state index is 0.669. The lowest BCUT2D eigenvalue weighted by atomic mass is 9.92. The number of hydrogen-bond donors (Lipinski definition) is 0. The smallest absolute Gasteiger partial charge is 0.0206 e. The third kappa shape index (κ3) is 2.55. The van der Waals surface area contributed by atoms with Gasteiger partial charge in [-0.1, -0.05) is 32.4 Å². The van der Waals surface area contributed by atoms with E-state index < -0.39 is 0 Å². The lowest BCUT2D eigenvalue weighted by molar-refractivity contribution is 0.581. The molecule has 58 valence electrons. The van der Waals surface area contributed by atoms with Crippen molar-refractivity contribution in [2.75, 3.05) is 0 Å². The van der Waals surface area contributed by atoms with Gasteiger partial charge in [0.25, 0.3) is 0 Å². The van der Waals surface area contributed by atoms with E-state index in [4.69, 9.17) is 0 Å². The first kappa shape index (κ1) is 9.74. The molecule has 0 aromatic carbocycles. The molecule has 0 nitrogen and oxygen atoms in total. The molecule has 0 aliphatic rings. The van der Waals surface area contributed by atoms with Crippen LogP contribution >= 0.6 is 0 Å². The molecule has 0 heterocycles. The number of rotatable bonds is 4. The fourth-order valence-electron chi connectivity index (χ4n) is 1.25. The third-order valence-electron chi connectivity index (χ3n) is 2.04. The van der Waals surface area contributed by atoms with Gasteiger partial charge in [-0.3, -0.25) is 0 Å². The van der Waals surface area contributed by atoms with Gasteiger partial charge in [-0.2, -0.15) is 0 Å². The summed E-state index contributed by atoms with van der Waals surface area (Å²) in [6.45, 7) is 12.1. The van der Waals surface area contributed by atoms with Gasteiger partial charge in [0.15, 0.2) is 0 Å². The van der Waals surface area contributed by atoms with Gasteiger partial charge in [0.2, 0.25) is 0 Å². The molecule has 0 saturated heterocycles. The van der Waals surface area contributed by atoms with Crippen molar-refractivity contribution in [1.29, 1.82) is 0 Å². The summed E-state index contributed by atoms with van der Waals surface area (Å²) in [5, 5.41) is 0. The maximum atomic E-state index is 3.91. The van der Waals surface area contributed by atoms with Crippen LogP contribution < -0.4 is 0 Å². The summed E-state index contributed by atoms with van der Waals surface area (Å²) >= 11 is 0. The summed E-state index contributed by atoms with van der Waals surface area (Å²) in [7, 11) is 0. The molecule has 0 aliphatic heterocycles. The fraction of sp³-hybridized carbons (Fsp3) is 0.600. The Kier molecular flexibility index (Phi) is 5.38. The van der Waals surface area contributed by atoms with E-state index >= 15 is 0 Å². The van der Waals surface area contributed by atoms with Gasteiger partial charge in [0, 0.05) is 0 Å². The van der Waals surface area contributed by atoms with E-state index in [1.807, 2.05) is 6.08 Å². The van der Waals surface area contributed by atoms with E-state index in [2.05, 4.69) is 27.7 Å². The van der Waals surface area contributed by atoms with Crippen LogP contribution in [-0.4, -0.2) is 0 Å². The van der Waals surface area contributed by atoms with Crippen molar-refractivity contribution in [3.05, 3.63) is 25.5 Å². The highest BCUT2D eigenvalue weighted by molar-refractivity contribution is 5.07. The topological polar surface area (TPSA) is 0 Å². The molecule has 0 aliphatic carbocycles. The molecule has 2 radical (unpaired) electrons. The molecule has 1 atom stereocenters. The fourth-order valence-corrected chi connectivity index (χ4v) is 1.25. The predicted molar refractivity (Wildman–Crippen MR) is 47.5 cm³/mol. The molecule has 0 spiro atoms. The van der Waals surface area contributed by atoms with Crippen molar-refractivity contribution < 1.29 is 0 Å². The van der Waals surface area contributed by atoms with Gasteiger partial charge < -0.3 is 0 Å². The minimum atomic E-state index is 0.669. The second-order valence-electron chi connectivity index (χ2n) is 2.53. The molecule has 0 amide bonds. The van der Waals surface area contributed by atoms with Gasteiger partial charge in [0.05, 0.1) is 0 Å². The van der Waals surface area contributed by atoms with Gasteiger partial charge in [-0.05, 0) is 32.1 Å². The van der Waals surface area contributed by atoms with Crippen LogP contribution in [0.15, 0.2) is 11.6 Å². The average Bonchev–Trinajstić information content (AvgIpc) is 2.00. The molecule has 0 aromatic heterocycles. The van der Waals surface area contributed by atoms with Gasteiger partial charge in [0.1, 0.15) is 0 Å². The molecular formula is C10H18. The van der Waals surface area contributed by atoms with Crippen LogP contribution in [0.1, 0.15) is 33.1 Å². The monoisotopic (exact) mass is 138 g/mol. The van der Waals surface area contributed by atoms with Gasteiger partial charge in [-0.15, -0.1) is 0 Å². The van der Waals surface area contributed by atoms with Crippen molar-refractivity contribution >= 4 is 0 Å². The molecule has 0 saturated carbocycles. The molecule has 0 heteroatoms. The summed E-state index contributed by atoms with van der Waals surface area (Å²) in [5.41, 5.74) is 1.46. The first-order valence-electron chi connectivity index (χ1n) is 4.07. The molecule has 0 rings (SSSR count). The highest BCUT2D eigenvalue weighted by Crippen LogP contribution is 2.20. The van der Waals surface area contributed by atoms with E-state index in [-0.39, 0.29) is 0 Å². The van der Waals surface area contributed by atoms with E-state index in [0.29, 0.717) is 5.92 Å². The Balaban J connectivity index is 3.97. The van der Waals surface area contributed by atoms with E-state index in [1.54, 1.807) is 0 Å². The lowest BCUT2D eigenvalue weighted by Gasteiger charge is -2.14. The summed E-state index contributed by atoms with van der Waals surface area (Å²) < 4.78 is 0. The molecular weight excluding hydrogens is 120 g/mol. The van der Waals surface area contributed by atoms with Crippen LogP contribution in [0.5, 0.6) is 0 Å². The maximum absolute atomic E-state index is 3.91. The second kappa shape index (κ2) is 5.52. The quantitative estimate of drug-likeness (QED) is 0.558. The van der Waals surface area contributed by atoms with Crippen molar-refractivity contribution in [2.24, 2.45) is 5.92 Å². The first-order chi connectivity index (χ1) is 4.79. The second-order valence-corrected chi connectivity index (χ2v) is 2.53. The SMILES string of the molecule is [CH2]/C=C(\CC)C(C[CH2])CC. The number of allylic oxidation sites excluding steroid dienone is 2. The minimum Gasteiger partial charge on any atom is -0.0848 e. The largest absolute Gasteiger partial charge is 0.0848 e. The van der Waals surface area contributed by atoms with Crippen molar-refractivity contribution in [3.8, 4) is 0 Å². The van der Waals surface area contributed by atoms with Crippen LogP contribution in [0.3, 0.4) is 0 Å². The Bertz CT molecular complexity index is 96.6. The Labute approximate surface area is 65.3 Å². The van der Waals surface area contributed by atoms with Crippen molar-refractivity contribution in [2.45, 2.75) is 33.1 Å². The van der Waals surface area contributed by atoms with E-state index in [1.165, 1.54) is 12.0 Å².